The summed E-state index contributed by atoms with van der Waals surface area (Å²) in [6, 6.07) is 14.5. The van der Waals surface area contributed by atoms with Crippen molar-refractivity contribution in [3.63, 3.8) is 0 Å². The maximum atomic E-state index is 12.6. The van der Waals surface area contributed by atoms with Crippen molar-refractivity contribution in [3.8, 4) is 0 Å². The van der Waals surface area contributed by atoms with Crippen LogP contribution in [0.1, 0.15) is 34.3 Å². The fraction of sp³-hybridized carbons (Fsp3) is 0.250. The summed E-state index contributed by atoms with van der Waals surface area (Å²) >= 11 is 0.903. The minimum atomic E-state index is -0.352. The van der Waals surface area contributed by atoms with Crippen LogP contribution in [0.25, 0.3) is 6.08 Å². The number of nitrogens with zero attached hydrogens (tertiary/aromatic N) is 2. The van der Waals surface area contributed by atoms with Crippen LogP contribution in [0.4, 0.5) is 10.5 Å². The van der Waals surface area contributed by atoms with Gasteiger partial charge in [-0.25, -0.2) is 0 Å². The van der Waals surface area contributed by atoms with Crippen molar-refractivity contribution in [2.75, 3.05) is 24.5 Å². The number of nitrogens with one attached hydrogen (secondary N) is 1. The Hall–Kier alpha value is -3.39. The van der Waals surface area contributed by atoms with E-state index in [-0.39, 0.29) is 36.1 Å². The molecule has 0 unspecified atom stereocenters. The van der Waals surface area contributed by atoms with Gasteiger partial charge >= 0.3 is 0 Å². The maximum absolute atomic E-state index is 12.6. The number of carbonyl (C=O) groups is 4. The second-order valence-corrected chi connectivity index (χ2v) is 8.69. The molecule has 4 amide bonds. The zero-order chi connectivity index (χ0) is 22.7. The number of imide groups is 1. The predicted molar refractivity (Wildman–Crippen MR) is 124 cm³/mol. The van der Waals surface area contributed by atoms with Gasteiger partial charge in [0.2, 0.25) is 5.91 Å². The van der Waals surface area contributed by atoms with Gasteiger partial charge in [0.15, 0.2) is 0 Å². The van der Waals surface area contributed by atoms with E-state index < -0.39 is 0 Å². The summed E-state index contributed by atoms with van der Waals surface area (Å²) < 4.78 is 0. The van der Waals surface area contributed by atoms with Gasteiger partial charge in [0.25, 0.3) is 17.1 Å². The molecule has 0 bridgehead atoms. The third-order valence-electron chi connectivity index (χ3n) is 5.38. The fourth-order valence-corrected chi connectivity index (χ4v) is 4.47. The second-order valence-electron chi connectivity index (χ2n) is 7.70. The minimum absolute atomic E-state index is 0.0933. The lowest BCUT2D eigenvalue weighted by Crippen LogP contribution is -2.37. The number of aryl methyl sites for hydroxylation is 1. The highest BCUT2D eigenvalue weighted by Crippen LogP contribution is 2.32. The van der Waals surface area contributed by atoms with Crippen molar-refractivity contribution in [1.82, 2.24) is 10.2 Å². The van der Waals surface area contributed by atoms with Crippen molar-refractivity contribution >= 4 is 46.5 Å². The topological polar surface area (TPSA) is 86.8 Å². The molecule has 2 heterocycles. The van der Waals surface area contributed by atoms with Crippen LogP contribution in [0.3, 0.4) is 0 Å². The van der Waals surface area contributed by atoms with E-state index in [9.17, 15) is 19.2 Å². The van der Waals surface area contributed by atoms with Gasteiger partial charge in [-0.1, -0.05) is 29.8 Å². The zero-order valence-electron chi connectivity index (χ0n) is 17.7. The van der Waals surface area contributed by atoms with E-state index in [0.717, 1.165) is 39.9 Å². The van der Waals surface area contributed by atoms with E-state index in [1.165, 1.54) is 0 Å². The summed E-state index contributed by atoms with van der Waals surface area (Å²) in [4.78, 5) is 52.3. The lowest BCUT2D eigenvalue weighted by atomic mass is 10.1. The van der Waals surface area contributed by atoms with Gasteiger partial charge in [0.05, 0.1) is 4.91 Å². The Morgan fingerprint density at radius 1 is 1.06 bits per heavy atom. The highest BCUT2D eigenvalue weighted by atomic mass is 32.2. The lowest BCUT2D eigenvalue weighted by Gasteiger charge is -2.16. The normalized spacial score (nSPS) is 17.5. The molecule has 8 heteroatoms. The van der Waals surface area contributed by atoms with Crippen molar-refractivity contribution in [3.05, 3.63) is 70.1 Å². The van der Waals surface area contributed by atoms with Gasteiger partial charge in [-0.05, 0) is 61.0 Å². The molecule has 7 nitrogen and oxygen atoms in total. The molecule has 2 saturated heterocycles. The molecule has 0 radical (unpaired) electrons. The summed E-state index contributed by atoms with van der Waals surface area (Å²) in [7, 11) is 0. The summed E-state index contributed by atoms with van der Waals surface area (Å²) in [5.41, 5.74) is 3.20. The van der Waals surface area contributed by atoms with Crippen LogP contribution in [0.2, 0.25) is 0 Å². The number of anilines is 1. The predicted octanol–water partition coefficient (Wildman–Crippen LogP) is 3.59. The van der Waals surface area contributed by atoms with Crippen molar-refractivity contribution in [1.29, 1.82) is 0 Å². The quantitative estimate of drug-likeness (QED) is 0.681. The summed E-state index contributed by atoms with van der Waals surface area (Å²) in [6.07, 6.45) is 3.10. The van der Waals surface area contributed by atoms with Gasteiger partial charge in [0.1, 0.15) is 0 Å². The van der Waals surface area contributed by atoms with Crippen molar-refractivity contribution < 1.29 is 19.2 Å². The first-order chi connectivity index (χ1) is 15.4. The number of hydrogen-bond donors (Lipinski definition) is 1. The summed E-state index contributed by atoms with van der Waals surface area (Å²) in [6.45, 7) is 2.93. The van der Waals surface area contributed by atoms with Crippen LogP contribution < -0.4 is 10.2 Å². The first kappa shape index (κ1) is 21.8. The van der Waals surface area contributed by atoms with Gasteiger partial charge in [-0.2, -0.15) is 0 Å². The third kappa shape index (κ3) is 4.75. The largest absolute Gasteiger partial charge is 0.350 e. The smallest absolute Gasteiger partial charge is 0.293 e. The zero-order valence-corrected chi connectivity index (χ0v) is 18.5. The standard InChI is InChI=1S/C24H23N3O4S/c1-16-4-6-17(7-5-16)15-20-23(30)27(24(31)32-20)14-12-25-22(29)18-8-10-19(11-9-18)26-13-2-3-21(26)28/h4-11,15H,2-3,12-14H2,1H3,(H,25,29)/b20-15-. The molecule has 2 aliphatic rings. The molecule has 0 atom stereocenters. The molecule has 2 fully saturated rings. The number of thioether (sulfide) groups is 1. The Balaban J connectivity index is 1.31. The second kappa shape index (κ2) is 9.40. The molecule has 4 rings (SSSR count). The number of benzene rings is 2. The number of hydrogen-bond acceptors (Lipinski definition) is 5. The Bertz CT molecular complexity index is 1090. The first-order valence-electron chi connectivity index (χ1n) is 10.4. The average molecular weight is 450 g/mol. The Labute approximate surface area is 190 Å². The molecule has 0 aliphatic carbocycles. The van der Waals surface area contributed by atoms with Crippen LogP contribution in [-0.4, -0.2) is 47.5 Å². The molecule has 0 spiro atoms. The Morgan fingerprint density at radius 2 is 1.78 bits per heavy atom. The Morgan fingerprint density at radius 3 is 2.44 bits per heavy atom. The van der Waals surface area contributed by atoms with Crippen LogP contribution in [0, 0.1) is 6.92 Å². The van der Waals surface area contributed by atoms with Gasteiger partial charge < -0.3 is 10.2 Å². The molecule has 2 aromatic carbocycles. The molecule has 2 aromatic rings. The molecule has 164 valence electrons. The minimum Gasteiger partial charge on any atom is -0.350 e. The lowest BCUT2D eigenvalue weighted by molar-refractivity contribution is -0.122. The van der Waals surface area contributed by atoms with E-state index in [2.05, 4.69) is 5.32 Å². The van der Waals surface area contributed by atoms with E-state index in [0.29, 0.717) is 23.4 Å². The average Bonchev–Trinajstić information content (AvgIpc) is 3.33. The van der Waals surface area contributed by atoms with Gasteiger partial charge in [-0.3, -0.25) is 24.1 Å². The summed E-state index contributed by atoms with van der Waals surface area (Å²) in [5, 5.41) is 2.40. The van der Waals surface area contributed by atoms with Gasteiger partial charge in [0, 0.05) is 37.3 Å². The SMILES string of the molecule is Cc1ccc(/C=C2\SC(=O)N(CCNC(=O)c3ccc(N4CCCC4=O)cc3)C2=O)cc1. The number of amides is 4. The van der Waals surface area contributed by atoms with Crippen LogP contribution in [-0.2, 0) is 9.59 Å². The molecule has 1 N–H and O–H groups in total. The Kier molecular flexibility index (Phi) is 6.41. The number of carbonyl (C=O) groups excluding carboxylic acids is 4. The van der Waals surface area contributed by atoms with Crippen LogP contribution >= 0.6 is 11.8 Å². The van der Waals surface area contributed by atoms with E-state index in [4.69, 9.17) is 0 Å². The van der Waals surface area contributed by atoms with Gasteiger partial charge in [-0.15, -0.1) is 0 Å². The fourth-order valence-electron chi connectivity index (χ4n) is 3.60. The monoisotopic (exact) mass is 449 g/mol. The maximum Gasteiger partial charge on any atom is 0.293 e. The third-order valence-corrected chi connectivity index (χ3v) is 6.29. The van der Waals surface area contributed by atoms with Crippen LogP contribution in [0.5, 0.6) is 0 Å². The van der Waals surface area contributed by atoms with E-state index in [1.54, 1.807) is 35.2 Å². The molecular formula is C24H23N3O4S. The first-order valence-corrected chi connectivity index (χ1v) is 11.2. The molecular weight excluding hydrogens is 426 g/mol. The van der Waals surface area contributed by atoms with Crippen molar-refractivity contribution in [2.24, 2.45) is 0 Å². The highest BCUT2D eigenvalue weighted by Gasteiger charge is 2.34. The molecule has 0 saturated carbocycles. The summed E-state index contributed by atoms with van der Waals surface area (Å²) in [5.74, 6) is -0.559. The highest BCUT2D eigenvalue weighted by molar-refractivity contribution is 8.18. The van der Waals surface area contributed by atoms with Crippen molar-refractivity contribution in [2.45, 2.75) is 19.8 Å². The molecule has 0 aromatic heterocycles. The van der Waals surface area contributed by atoms with E-state index in [1.807, 2.05) is 31.2 Å². The van der Waals surface area contributed by atoms with Crippen LogP contribution in [0.15, 0.2) is 53.4 Å². The molecule has 32 heavy (non-hydrogen) atoms. The number of rotatable bonds is 6. The molecule has 2 aliphatic heterocycles. The van der Waals surface area contributed by atoms with E-state index >= 15 is 0 Å².